The average Bonchev–Trinajstić information content (AvgIpc) is 3.00. The molecular weight excluding hydrogens is 308 g/mol. The van der Waals surface area contributed by atoms with Crippen LogP contribution in [0.5, 0.6) is 11.5 Å². The second kappa shape index (κ2) is 8.57. The van der Waals surface area contributed by atoms with Crippen molar-refractivity contribution in [3.05, 3.63) is 24.3 Å². The molecule has 2 rings (SSSR count). The van der Waals surface area contributed by atoms with Crippen LogP contribution in [0.4, 0.5) is 0 Å². The van der Waals surface area contributed by atoms with E-state index >= 15 is 0 Å². The number of nitrogens with zero attached hydrogens (tertiary/aromatic N) is 1. The lowest BCUT2D eigenvalue weighted by molar-refractivity contribution is -0.130. The zero-order valence-electron chi connectivity index (χ0n) is 14.6. The van der Waals surface area contributed by atoms with Crippen LogP contribution in [0.1, 0.15) is 26.7 Å². The first-order valence-corrected chi connectivity index (χ1v) is 8.39. The molecule has 1 saturated heterocycles. The van der Waals surface area contributed by atoms with Gasteiger partial charge in [0.1, 0.15) is 18.1 Å². The summed E-state index contributed by atoms with van der Waals surface area (Å²) in [6.45, 7) is 5.37. The summed E-state index contributed by atoms with van der Waals surface area (Å²) in [7, 11) is 1.61. The molecule has 6 heteroatoms. The number of nitrogens with one attached hydrogen (secondary N) is 1. The van der Waals surface area contributed by atoms with Gasteiger partial charge in [-0.15, -0.1) is 0 Å². The number of rotatable bonds is 8. The van der Waals surface area contributed by atoms with Gasteiger partial charge in [-0.25, -0.2) is 0 Å². The van der Waals surface area contributed by atoms with Crippen LogP contribution in [-0.4, -0.2) is 49.6 Å². The molecule has 1 aliphatic heterocycles. The zero-order chi connectivity index (χ0) is 17.5. The molecule has 2 amide bonds. The highest BCUT2D eigenvalue weighted by Gasteiger charge is 2.35. The molecule has 1 N–H and O–H groups in total. The van der Waals surface area contributed by atoms with Crippen molar-refractivity contribution in [2.45, 2.75) is 32.7 Å². The third kappa shape index (κ3) is 4.63. The lowest BCUT2D eigenvalue weighted by atomic mass is 10.1. The normalized spacial score (nSPS) is 18.4. The first-order chi connectivity index (χ1) is 11.5. The number of methoxy groups -OCH3 is 1. The molecule has 132 valence electrons. The Morgan fingerprint density at radius 2 is 2.00 bits per heavy atom. The van der Waals surface area contributed by atoms with Crippen LogP contribution >= 0.6 is 0 Å². The molecule has 1 aliphatic rings. The van der Waals surface area contributed by atoms with Crippen molar-refractivity contribution < 1.29 is 19.1 Å². The van der Waals surface area contributed by atoms with Crippen molar-refractivity contribution in [3.63, 3.8) is 0 Å². The van der Waals surface area contributed by atoms with Crippen LogP contribution in [0.15, 0.2) is 24.3 Å². The maximum Gasteiger partial charge on any atom is 0.225 e. The molecule has 2 atom stereocenters. The summed E-state index contributed by atoms with van der Waals surface area (Å²) in [4.78, 5) is 26.0. The van der Waals surface area contributed by atoms with Gasteiger partial charge in [0.05, 0.1) is 19.6 Å². The van der Waals surface area contributed by atoms with Gasteiger partial charge in [0, 0.05) is 19.0 Å². The third-order valence-corrected chi connectivity index (χ3v) is 4.38. The Hall–Kier alpha value is -2.24. The number of ether oxygens (including phenoxy) is 2. The monoisotopic (exact) mass is 334 g/mol. The second-order valence-corrected chi connectivity index (χ2v) is 6.02. The van der Waals surface area contributed by atoms with Gasteiger partial charge < -0.3 is 19.7 Å². The SMILES string of the molecule is CCC(C)N1CC(C(=O)NCCOc2ccc(OC)cc2)CC1=O. The van der Waals surface area contributed by atoms with Gasteiger partial charge in [0.25, 0.3) is 0 Å². The van der Waals surface area contributed by atoms with E-state index in [1.807, 2.05) is 38.1 Å². The predicted octanol–water partition coefficient (Wildman–Crippen LogP) is 1.84. The van der Waals surface area contributed by atoms with Crippen molar-refractivity contribution in [1.29, 1.82) is 0 Å². The minimum atomic E-state index is -0.257. The number of hydrogen-bond donors (Lipinski definition) is 1. The first kappa shape index (κ1) is 18.1. The van der Waals surface area contributed by atoms with Crippen molar-refractivity contribution in [3.8, 4) is 11.5 Å². The lowest BCUT2D eigenvalue weighted by Crippen LogP contribution is -2.37. The maximum atomic E-state index is 12.2. The van der Waals surface area contributed by atoms with E-state index in [1.165, 1.54) is 0 Å². The van der Waals surface area contributed by atoms with Gasteiger partial charge in [-0.3, -0.25) is 9.59 Å². The molecule has 1 fully saturated rings. The largest absolute Gasteiger partial charge is 0.497 e. The Morgan fingerprint density at radius 3 is 2.62 bits per heavy atom. The molecule has 2 unspecified atom stereocenters. The smallest absolute Gasteiger partial charge is 0.225 e. The van der Waals surface area contributed by atoms with E-state index in [0.29, 0.717) is 26.1 Å². The molecule has 0 spiro atoms. The van der Waals surface area contributed by atoms with Crippen molar-refractivity contribution in [2.75, 3.05) is 26.8 Å². The molecule has 6 nitrogen and oxygen atoms in total. The number of amides is 2. The predicted molar refractivity (Wildman–Crippen MR) is 91.1 cm³/mol. The summed E-state index contributed by atoms with van der Waals surface area (Å²) in [6, 6.07) is 7.47. The topological polar surface area (TPSA) is 67.9 Å². The molecule has 24 heavy (non-hydrogen) atoms. The first-order valence-electron chi connectivity index (χ1n) is 8.39. The Morgan fingerprint density at radius 1 is 1.33 bits per heavy atom. The van der Waals surface area contributed by atoms with Crippen LogP contribution in [0, 0.1) is 5.92 Å². The van der Waals surface area contributed by atoms with E-state index in [-0.39, 0.29) is 23.8 Å². The van der Waals surface area contributed by atoms with E-state index in [1.54, 1.807) is 12.0 Å². The highest BCUT2D eigenvalue weighted by Crippen LogP contribution is 2.21. The molecular formula is C18H26N2O4. The molecule has 0 aromatic heterocycles. The van der Waals surface area contributed by atoms with Gasteiger partial charge in [-0.05, 0) is 37.6 Å². The molecule has 0 radical (unpaired) electrons. The standard InChI is InChI=1S/C18H26N2O4/c1-4-13(2)20-12-14(11-17(20)21)18(22)19-9-10-24-16-7-5-15(23-3)6-8-16/h5-8,13-14H,4,9-12H2,1-3H3,(H,19,22). The quantitative estimate of drug-likeness (QED) is 0.737. The van der Waals surface area contributed by atoms with Crippen molar-refractivity contribution >= 4 is 11.8 Å². The molecule has 1 aromatic rings. The van der Waals surface area contributed by atoms with Crippen LogP contribution in [0.3, 0.4) is 0 Å². The molecule has 0 saturated carbocycles. The van der Waals surface area contributed by atoms with Crippen LogP contribution < -0.4 is 14.8 Å². The summed E-state index contributed by atoms with van der Waals surface area (Å²) < 4.78 is 10.7. The van der Waals surface area contributed by atoms with Gasteiger partial charge in [-0.2, -0.15) is 0 Å². The van der Waals surface area contributed by atoms with E-state index in [2.05, 4.69) is 5.32 Å². The van der Waals surface area contributed by atoms with Crippen LogP contribution in [0.25, 0.3) is 0 Å². The molecule has 0 aliphatic carbocycles. The highest BCUT2D eigenvalue weighted by atomic mass is 16.5. The van der Waals surface area contributed by atoms with Crippen molar-refractivity contribution in [1.82, 2.24) is 10.2 Å². The molecule has 1 aromatic carbocycles. The molecule has 1 heterocycles. The van der Waals surface area contributed by atoms with E-state index in [0.717, 1.165) is 17.9 Å². The summed E-state index contributed by atoms with van der Waals surface area (Å²) in [5, 5.41) is 2.85. The summed E-state index contributed by atoms with van der Waals surface area (Å²) in [6.07, 6.45) is 1.20. The number of hydrogen-bond acceptors (Lipinski definition) is 4. The minimum absolute atomic E-state index is 0.0685. The Bertz CT molecular complexity index is 559. The Labute approximate surface area is 143 Å². The summed E-state index contributed by atoms with van der Waals surface area (Å²) in [5.74, 6) is 1.23. The fraction of sp³-hybridized carbons (Fsp3) is 0.556. The van der Waals surface area contributed by atoms with Crippen molar-refractivity contribution in [2.24, 2.45) is 5.92 Å². The number of benzene rings is 1. The van der Waals surface area contributed by atoms with Crippen LogP contribution in [-0.2, 0) is 9.59 Å². The van der Waals surface area contributed by atoms with Crippen LogP contribution in [0.2, 0.25) is 0 Å². The van der Waals surface area contributed by atoms with E-state index < -0.39 is 0 Å². The van der Waals surface area contributed by atoms with Gasteiger partial charge >= 0.3 is 0 Å². The lowest BCUT2D eigenvalue weighted by Gasteiger charge is -2.23. The summed E-state index contributed by atoms with van der Waals surface area (Å²) >= 11 is 0. The number of likely N-dealkylation sites (tertiary alicyclic amines) is 1. The number of carbonyl (C=O) groups is 2. The van der Waals surface area contributed by atoms with Gasteiger partial charge in [0.2, 0.25) is 11.8 Å². The molecule has 0 bridgehead atoms. The van der Waals surface area contributed by atoms with E-state index in [4.69, 9.17) is 9.47 Å². The van der Waals surface area contributed by atoms with Gasteiger partial charge in [-0.1, -0.05) is 6.92 Å². The minimum Gasteiger partial charge on any atom is -0.497 e. The Balaban J connectivity index is 1.70. The summed E-state index contributed by atoms with van der Waals surface area (Å²) in [5.41, 5.74) is 0. The zero-order valence-corrected chi connectivity index (χ0v) is 14.6. The maximum absolute atomic E-state index is 12.2. The van der Waals surface area contributed by atoms with Gasteiger partial charge in [0.15, 0.2) is 0 Å². The van der Waals surface area contributed by atoms with E-state index in [9.17, 15) is 9.59 Å². The third-order valence-electron chi connectivity index (χ3n) is 4.38. The fourth-order valence-electron chi connectivity index (χ4n) is 2.71. The second-order valence-electron chi connectivity index (χ2n) is 6.02. The average molecular weight is 334 g/mol. The Kier molecular flexibility index (Phi) is 6.46. The highest BCUT2D eigenvalue weighted by molar-refractivity contribution is 5.89. The fourth-order valence-corrected chi connectivity index (χ4v) is 2.71. The number of carbonyl (C=O) groups excluding carboxylic acids is 2.